The Kier molecular flexibility index (Phi) is 5.90. The van der Waals surface area contributed by atoms with Crippen molar-refractivity contribution in [2.24, 2.45) is 0 Å². The Labute approximate surface area is 176 Å². The third-order valence-electron chi connectivity index (χ3n) is 6.02. The van der Waals surface area contributed by atoms with E-state index in [-0.39, 0.29) is 17.7 Å². The van der Waals surface area contributed by atoms with E-state index < -0.39 is 0 Å². The molecule has 2 aliphatic rings. The quantitative estimate of drug-likeness (QED) is 0.800. The summed E-state index contributed by atoms with van der Waals surface area (Å²) in [7, 11) is 0. The molecule has 1 fully saturated rings. The molecule has 2 amide bonds. The van der Waals surface area contributed by atoms with Gasteiger partial charge in [-0.05, 0) is 75.7 Å². The first-order valence-electron chi connectivity index (χ1n) is 10.6. The maximum absolute atomic E-state index is 14.0. The van der Waals surface area contributed by atoms with Crippen molar-refractivity contribution in [3.8, 4) is 0 Å². The summed E-state index contributed by atoms with van der Waals surface area (Å²) in [5.41, 5.74) is 2.02. The first-order chi connectivity index (χ1) is 14.4. The maximum atomic E-state index is 14.0. The van der Waals surface area contributed by atoms with E-state index in [1.165, 1.54) is 24.3 Å². The topological polar surface area (TPSA) is 38.8 Å². The van der Waals surface area contributed by atoms with Crippen molar-refractivity contribution < 1.29 is 13.6 Å². The number of benzene rings is 2. The van der Waals surface area contributed by atoms with E-state index in [9.17, 15) is 13.6 Å². The number of urea groups is 1. The highest BCUT2D eigenvalue weighted by atomic mass is 19.1. The van der Waals surface area contributed by atoms with Gasteiger partial charge in [0.2, 0.25) is 0 Å². The number of hydrogen-bond donors (Lipinski definition) is 1. The number of anilines is 3. The molecule has 0 aromatic heterocycles. The number of fused-ring (bicyclic) bond motifs is 1. The van der Waals surface area contributed by atoms with E-state index in [0.29, 0.717) is 43.1 Å². The highest BCUT2D eigenvalue weighted by Crippen LogP contribution is 2.38. The highest BCUT2D eigenvalue weighted by molar-refractivity contribution is 5.98. The van der Waals surface area contributed by atoms with E-state index in [2.05, 4.69) is 24.1 Å². The van der Waals surface area contributed by atoms with Gasteiger partial charge in [-0.1, -0.05) is 0 Å². The van der Waals surface area contributed by atoms with E-state index in [1.54, 1.807) is 23.1 Å². The van der Waals surface area contributed by atoms with Crippen LogP contribution in [0.4, 0.5) is 30.6 Å². The minimum atomic E-state index is -0.373. The van der Waals surface area contributed by atoms with Crippen LogP contribution in [0.25, 0.3) is 0 Å². The molecular formula is C23H28F2N4O. The molecule has 30 heavy (non-hydrogen) atoms. The zero-order valence-electron chi connectivity index (χ0n) is 17.4. The zero-order chi connectivity index (χ0) is 21.3. The Morgan fingerprint density at radius 3 is 2.50 bits per heavy atom. The molecule has 0 aliphatic carbocycles. The summed E-state index contributed by atoms with van der Waals surface area (Å²) in [5.74, 6) is -0.694. The lowest BCUT2D eigenvalue weighted by atomic mass is 10.1. The molecule has 2 heterocycles. The summed E-state index contributed by atoms with van der Waals surface area (Å²) in [6.07, 6.45) is 2.23. The summed E-state index contributed by atoms with van der Waals surface area (Å²) in [4.78, 5) is 19.0. The molecule has 2 aliphatic heterocycles. The van der Waals surface area contributed by atoms with Gasteiger partial charge in [-0.25, -0.2) is 13.6 Å². The van der Waals surface area contributed by atoms with Gasteiger partial charge >= 0.3 is 6.03 Å². The molecular weight excluding hydrogens is 386 g/mol. The molecule has 5 nitrogen and oxygen atoms in total. The lowest BCUT2D eigenvalue weighted by Crippen LogP contribution is -2.50. The SMILES string of the molecule is CC(C)N1CCCC1CNC(=O)N1CCN(c2ccc(F)cc2)c2cc(F)ccc21. The lowest BCUT2D eigenvalue weighted by Gasteiger charge is -2.38. The number of amides is 2. The number of carbonyl (C=O) groups excluding carboxylic acids is 1. The van der Waals surface area contributed by atoms with Crippen LogP contribution in [0.2, 0.25) is 0 Å². The molecule has 0 bridgehead atoms. The summed E-state index contributed by atoms with van der Waals surface area (Å²) >= 11 is 0. The van der Waals surface area contributed by atoms with Crippen LogP contribution in [0.5, 0.6) is 0 Å². The van der Waals surface area contributed by atoms with E-state index >= 15 is 0 Å². The number of halogens is 2. The van der Waals surface area contributed by atoms with Crippen molar-refractivity contribution >= 4 is 23.1 Å². The van der Waals surface area contributed by atoms with Gasteiger partial charge in [0, 0.05) is 37.4 Å². The minimum Gasteiger partial charge on any atom is -0.338 e. The van der Waals surface area contributed by atoms with Gasteiger partial charge in [0.05, 0.1) is 11.4 Å². The third-order valence-corrected chi connectivity index (χ3v) is 6.02. The maximum Gasteiger partial charge on any atom is 0.322 e. The van der Waals surface area contributed by atoms with Crippen molar-refractivity contribution in [2.75, 3.05) is 36.0 Å². The molecule has 2 aromatic carbocycles. The number of rotatable bonds is 4. The van der Waals surface area contributed by atoms with Crippen molar-refractivity contribution in [1.29, 1.82) is 0 Å². The van der Waals surface area contributed by atoms with Crippen molar-refractivity contribution in [3.63, 3.8) is 0 Å². The summed E-state index contributed by atoms with van der Waals surface area (Å²) < 4.78 is 27.4. The molecule has 1 N–H and O–H groups in total. The molecule has 2 aromatic rings. The largest absolute Gasteiger partial charge is 0.338 e. The van der Waals surface area contributed by atoms with Crippen LogP contribution in [-0.4, -0.2) is 49.2 Å². The second-order valence-electron chi connectivity index (χ2n) is 8.23. The first kappa shape index (κ1) is 20.6. The van der Waals surface area contributed by atoms with E-state index in [0.717, 1.165) is 25.1 Å². The first-order valence-corrected chi connectivity index (χ1v) is 10.6. The molecule has 1 saturated heterocycles. The third kappa shape index (κ3) is 4.12. The molecule has 1 unspecified atom stereocenters. The van der Waals surface area contributed by atoms with Crippen LogP contribution in [0.15, 0.2) is 42.5 Å². The number of nitrogens with zero attached hydrogens (tertiary/aromatic N) is 3. The zero-order valence-corrected chi connectivity index (χ0v) is 17.4. The van der Waals surface area contributed by atoms with Crippen molar-refractivity contribution in [2.45, 2.75) is 38.8 Å². The number of carbonyl (C=O) groups is 1. The fraction of sp³-hybridized carbons (Fsp3) is 0.435. The van der Waals surface area contributed by atoms with Crippen LogP contribution in [-0.2, 0) is 0 Å². The highest BCUT2D eigenvalue weighted by Gasteiger charge is 2.30. The Hall–Kier alpha value is -2.67. The Morgan fingerprint density at radius 2 is 1.77 bits per heavy atom. The molecule has 0 saturated carbocycles. The number of hydrogen-bond acceptors (Lipinski definition) is 3. The van der Waals surface area contributed by atoms with Gasteiger partial charge in [0.25, 0.3) is 0 Å². The number of likely N-dealkylation sites (tertiary alicyclic amines) is 1. The normalized spacial score (nSPS) is 19.3. The second-order valence-corrected chi connectivity index (χ2v) is 8.23. The molecule has 0 radical (unpaired) electrons. The molecule has 0 spiro atoms. The fourth-order valence-corrected chi connectivity index (χ4v) is 4.54. The Balaban J connectivity index is 1.52. The monoisotopic (exact) mass is 414 g/mol. The van der Waals surface area contributed by atoms with Crippen LogP contribution in [0.3, 0.4) is 0 Å². The predicted octanol–water partition coefficient (Wildman–Crippen LogP) is 4.51. The number of nitrogens with one attached hydrogen (secondary N) is 1. The van der Waals surface area contributed by atoms with Gasteiger partial charge in [-0.3, -0.25) is 9.80 Å². The summed E-state index contributed by atoms with van der Waals surface area (Å²) in [5, 5.41) is 3.08. The van der Waals surface area contributed by atoms with Crippen LogP contribution in [0, 0.1) is 11.6 Å². The van der Waals surface area contributed by atoms with Crippen LogP contribution in [0.1, 0.15) is 26.7 Å². The van der Waals surface area contributed by atoms with Gasteiger partial charge in [-0.2, -0.15) is 0 Å². The average Bonchev–Trinajstić information content (AvgIpc) is 3.21. The Morgan fingerprint density at radius 1 is 1.03 bits per heavy atom. The van der Waals surface area contributed by atoms with Crippen LogP contribution >= 0.6 is 0 Å². The lowest BCUT2D eigenvalue weighted by molar-refractivity contribution is 0.197. The predicted molar refractivity (Wildman–Crippen MR) is 115 cm³/mol. The fourth-order valence-electron chi connectivity index (χ4n) is 4.54. The molecule has 160 valence electrons. The average molecular weight is 415 g/mol. The smallest absolute Gasteiger partial charge is 0.322 e. The summed E-state index contributed by atoms with van der Waals surface area (Å²) in [6, 6.07) is 11.2. The molecule has 7 heteroatoms. The standard InChI is InChI=1S/C23H28F2N4O/c1-16(2)27-11-3-4-20(27)15-26-23(30)29-13-12-28(19-8-5-17(24)6-9-19)22-14-18(25)7-10-21(22)29/h5-10,14,16,20H,3-4,11-13,15H2,1-2H3,(H,26,30). The van der Waals surface area contributed by atoms with Gasteiger partial charge < -0.3 is 10.2 Å². The second kappa shape index (κ2) is 8.60. The van der Waals surface area contributed by atoms with Gasteiger partial charge in [-0.15, -0.1) is 0 Å². The van der Waals surface area contributed by atoms with Crippen molar-refractivity contribution in [1.82, 2.24) is 10.2 Å². The van der Waals surface area contributed by atoms with E-state index in [4.69, 9.17) is 0 Å². The molecule has 1 atom stereocenters. The van der Waals surface area contributed by atoms with Gasteiger partial charge in [0.15, 0.2) is 0 Å². The van der Waals surface area contributed by atoms with Gasteiger partial charge in [0.1, 0.15) is 11.6 Å². The Bertz CT molecular complexity index is 903. The van der Waals surface area contributed by atoms with E-state index in [1.807, 2.05) is 4.90 Å². The molecule has 4 rings (SSSR count). The minimum absolute atomic E-state index is 0.169. The van der Waals surface area contributed by atoms with Crippen LogP contribution < -0.4 is 15.1 Å². The summed E-state index contributed by atoms with van der Waals surface area (Å²) in [6.45, 7) is 6.99. The van der Waals surface area contributed by atoms with Crippen molar-refractivity contribution in [3.05, 3.63) is 54.1 Å².